The average molecular weight is 232 g/mol. The lowest BCUT2D eigenvalue weighted by molar-refractivity contribution is 0.186. The van der Waals surface area contributed by atoms with Crippen LogP contribution in [-0.4, -0.2) is 30.6 Å². The molecule has 1 aromatic carbocycles. The van der Waals surface area contributed by atoms with E-state index < -0.39 is 0 Å². The molecule has 0 saturated carbocycles. The van der Waals surface area contributed by atoms with Crippen molar-refractivity contribution in [2.24, 2.45) is 0 Å². The molecule has 1 saturated heterocycles. The monoisotopic (exact) mass is 232 g/mol. The van der Waals surface area contributed by atoms with Crippen LogP contribution in [0.3, 0.4) is 0 Å². The van der Waals surface area contributed by atoms with Gasteiger partial charge in [0.25, 0.3) is 0 Å². The molecule has 1 aromatic rings. The molecule has 1 aliphatic heterocycles. The quantitative estimate of drug-likeness (QED) is 0.858. The Hall–Kier alpha value is -0.860. The normalized spacial score (nSPS) is 21.6. The van der Waals surface area contributed by atoms with E-state index in [0.29, 0.717) is 6.04 Å². The second-order valence-corrected chi connectivity index (χ2v) is 5.10. The molecule has 0 aliphatic carbocycles. The molecule has 1 N–H and O–H groups in total. The minimum absolute atomic E-state index is 0.692. The summed E-state index contributed by atoms with van der Waals surface area (Å²) in [6, 6.07) is 9.43. The highest BCUT2D eigenvalue weighted by molar-refractivity contribution is 5.25. The van der Waals surface area contributed by atoms with Crippen molar-refractivity contribution in [2.45, 2.75) is 39.3 Å². The third kappa shape index (κ3) is 3.55. The molecule has 1 heterocycles. The van der Waals surface area contributed by atoms with Crippen molar-refractivity contribution in [1.82, 2.24) is 10.2 Å². The summed E-state index contributed by atoms with van der Waals surface area (Å²) in [6.07, 6.45) is 2.57. The molecule has 0 aromatic heterocycles. The maximum Gasteiger partial charge on any atom is 0.0237 e. The molecule has 1 unspecified atom stereocenters. The predicted octanol–water partition coefficient (Wildman–Crippen LogP) is 2.57. The Morgan fingerprint density at radius 3 is 2.94 bits per heavy atom. The highest BCUT2D eigenvalue weighted by Crippen LogP contribution is 2.13. The van der Waals surface area contributed by atoms with Gasteiger partial charge in [0, 0.05) is 32.2 Å². The maximum atomic E-state index is 3.61. The van der Waals surface area contributed by atoms with Crippen LogP contribution in [0.2, 0.25) is 0 Å². The molecule has 2 heteroatoms. The van der Waals surface area contributed by atoms with Crippen molar-refractivity contribution >= 4 is 0 Å². The first kappa shape index (κ1) is 12.6. The lowest BCUT2D eigenvalue weighted by Gasteiger charge is -2.34. The average Bonchev–Trinajstić information content (AvgIpc) is 2.33. The Morgan fingerprint density at radius 2 is 2.18 bits per heavy atom. The van der Waals surface area contributed by atoms with Gasteiger partial charge in [-0.3, -0.25) is 4.90 Å². The molecule has 0 radical (unpaired) electrons. The first-order valence-corrected chi connectivity index (χ1v) is 6.80. The number of aryl methyl sites for hydroxylation is 1. The van der Waals surface area contributed by atoms with Gasteiger partial charge in [0.2, 0.25) is 0 Å². The van der Waals surface area contributed by atoms with Crippen LogP contribution in [0.1, 0.15) is 30.9 Å². The van der Waals surface area contributed by atoms with E-state index in [2.05, 4.69) is 48.3 Å². The second-order valence-electron chi connectivity index (χ2n) is 5.10. The molecule has 0 bridgehead atoms. The van der Waals surface area contributed by atoms with Crippen molar-refractivity contribution in [3.8, 4) is 0 Å². The summed E-state index contributed by atoms with van der Waals surface area (Å²) in [5.41, 5.74) is 2.89. The zero-order valence-corrected chi connectivity index (χ0v) is 11.1. The fraction of sp³-hybridized carbons (Fsp3) is 0.600. The summed E-state index contributed by atoms with van der Waals surface area (Å²) >= 11 is 0. The Kier molecular flexibility index (Phi) is 4.57. The molecular formula is C15H24N2. The summed E-state index contributed by atoms with van der Waals surface area (Å²) < 4.78 is 0. The van der Waals surface area contributed by atoms with Crippen LogP contribution < -0.4 is 5.32 Å². The van der Waals surface area contributed by atoms with Crippen LogP contribution in [0.5, 0.6) is 0 Å². The number of hydrogen-bond acceptors (Lipinski definition) is 2. The topological polar surface area (TPSA) is 15.3 Å². The molecule has 2 rings (SSSR count). The van der Waals surface area contributed by atoms with Gasteiger partial charge in [-0.25, -0.2) is 0 Å². The summed E-state index contributed by atoms with van der Waals surface area (Å²) in [5.74, 6) is 0. The van der Waals surface area contributed by atoms with Crippen molar-refractivity contribution in [3.05, 3.63) is 35.4 Å². The Bertz CT molecular complexity index is 347. The largest absolute Gasteiger partial charge is 0.311 e. The highest BCUT2D eigenvalue weighted by atomic mass is 15.2. The summed E-state index contributed by atoms with van der Waals surface area (Å²) in [5, 5.41) is 3.61. The van der Waals surface area contributed by atoms with Gasteiger partial charge in [0.05, 0.1) is 0 Å². The minimum Gasteiger partial charge on any atom is -0.311 e. The third-order valence-electron chi connectivity index (χ3n) is 3.63. The van der Waals surface area contributed by atoms with Crippen molar-refractivity contribution in [3.63, 3.8) is 0 Å². The fourth-order valence-electron chi connectivity index (χ4n) is 2.61. The number of nitrogens with zero attached hydrogens (tertiary/aromatic N) is 1. The van der Waals surface area contributed by atoms with E-state index in [0.717, 1.165) is 13.1 Å². The minimum atomic E-state index is 0.692. The Labute approximate surface area is 105 Å². The SMILES string of the molecule is CCCC1CN(Cc2ccccc2C)CCN1. The van der Waals surface area contributed by atoms with Gasteiger partial charge >= 0.3 is 0 Å². The van der Waals surface area contributed by atoms with E-state index in [1.54, 1.807) is 0 Å². The lowest BCUT2D eigenvalue weighted by atomic mass is 10.1. The summed E-state index contributed by atoms with van der Waals surface area (Å²) in [7, 11) is 0. The molecule has 1 aliphatic rings. The smallest absolute Gasteiger partial charge is 0.0237 e. The zero-order chi connectivity index (χ0) is 12.1. The number of benzene rings is 1. The number of rotatable bonds is 4. The summed E-state index contributed by atoms with van der Waals surface area (Å²) in [4.78, 5) is 2.58. The van der Waals surface area contributed by atoms with Crippen LogP contribution in [0.15, 0.2) is 24.3 Å². The van der Waals surface area contributed by atoms with Crippen LogP contribution in [0, 0.1) is 6.92 Å². The fourth-order valence-corrected chi connectivity index (χ4v) is 2.61. The number of piperazine rings is 1. The first-order valence-electron chi connectivity index (χ1n) is 6.80. The molecular weight excluding hydrogens is 208 g/mol. The molecule has 1 atom stereocenters. The van der Waals surface area contributed by atoms with Crippen LogP contribution in [0.4, 0.5) is 0 Å². The van der Waals surface area contributed by atoms with E-state index >= 15 is 0 Å². The van der Waals surface area contributed by atoms with Gasteiger partial charge in [-0.2, -0.15) is 0 Å². The van der Waals surface area contributed by atoms with Crippen LogP contribution in [0.25, 0.3) is 0 Å². The van der Waals surface area contributed by atoms with Crippen LogP contribution in [-0.2, 0) is 6.54 Å². The van der Waals surface area contributed by atoms with Crippen molar-refractivity contribution in [2.75, 3.05) is 19.6 Å². The van der Waals surface area contributed by atoms with Gasteiger partial charge < -0.3 is 5.32 Å². The Morgan fingerprint density at radius 1 is 1.35 bits per heavy atom. The molecule has 0 amide bonds. The van der Waals surface area contributed by atoms with E-state index in [1.807, 2.05) is 0 Å². The predicted molar refractivity (Wildman–Crippen MR) is 73.2 cm³/mol. The van der Waals surface area contributed by atoms with E-state index in [-0.39, 0.29) is 0 Å². The van der Waals surface area contributed by atoms with Crippen LogP contribution >= 0.6 is 0 Å². The summed E-state index contributed by atoms with van der Waals surface area (Å²) in [6.45, 7) is 9.09. The van der Waals surface area contributed by atoms with Gasteiger partial charge in [0.15, 0.2) is 0 Å². The Balaban J connectivity index is 1.92. The molecule has 94 valence electrons. The van der Waals surface area contributed by atoms with Gasteiger partial charge in [0.1, 0.15) is 0 Å². The van der Waals surface area contributed by atoms with Gasteiger partial charge in [-0.1, -0.05) is 37.6 Å². The molecule has 2 nitrogen and oxygen atoms in total. The number of hydrogen-bond donors (Lipinski definition) is 1. The molecule has 17 heavy (non-hydrogen) atoms. The standard InChI is InChI=1S/C15H24N2/c1-3-6-15-12-17(10-9-16-15)11-14-8-5-4-7-13(14)2/h4-5,7-8,15-16H,3,6,9-12H2,1-2H3. The first-order chi connectivity index (χ1) is 8.29. The highest BCUT2D eigenvalue weighted by Gasteiger charge is 2.18. The second kappa shape index (κ2) is 6.18. The van der Waals surface area contributed by atoms with E-state index in [4.69, 9.17) is 0 Å². The van der Waals surface area contributed by atoms with E-state index in [9.17, 15) is 0 Å². The van der Waals surface area contributed by atoms with Gasteiger partial charge in [-0.15, -0.1) is 0 Å². The van der Waals surface area contributed by atoms with Gasteiger partial charge in [-0.05, 0) is 24.5 Å². The number of nitrogens with one attached hydrogen (secondary N) is 1. The zero-order valence-electron chi connectivity index (χ0n) is 11.1. The van der Waals surface area contributed by atoms with Crippen molar-refractivity contribution in [1.29, 1.82) is 0 Å². The third-order valence-corrected chi connectivity index (χ3v) is 3.63. The van der Waals surface area contributed by atoms with E-state index in [1.165, 1.54) is 37.1 Å². The molecule has 1 fully saturated rings. The molecule has 0 spiro atoms. The maximum absolute atomic E-state index is 3.61. The van der Waals surface area contributed by atoms with Crippen molar-refractivity contribution < 1.29 is 0 Å². The lowest BCUT2D eigenvalue weighted by Crippen LogP contribution is -2.50.